The maximum Gasteiger partial charge on any atom is 0.322 e. The molecule has 2 atom stereocenters. The summed E-state index contributed by atoms with van der Waals surface area (Å²) in [6, 6.07) is 0. The molecule has 9 heteroatoms. The van der Waals surface area contributed by atoms with Crippen molar-refractivity contribution in [2.24, 2.45) is 0 Å². The van der Waals surface area contributed by atoms with Gasteiger partial charge in [-0.15, -0.1) is 0 Å². The fraction of sp³-hybridized carbons (Fsp3) is 0.938. The molecule has 0 bridgehead atoms. The number of aliphatic hydroxyl groups excluding tert-OH is 1. The van der Waals surface area contributed by atoms with E-state index in [-0.39, 0.29) is 30.8 Å². The van der Waals surface area contributed by atoms with Gasteiger partial charge in [-0.05, 0) is 60.3 Å². The van der Waals surface area contributed by atoms with E-state index in [0.717, 1.165) is 37.2 Å². The zero-order valence-corrected chi connectivity index (χ0v) is 32.0. The smallest absolute Gasteiger partial charge is 0.322 e. The topological polar surface area (TPSA) is 72.8 Å². The van der Waals surface area contributed by atoms with Crippen molar-refractivity contribution in [1.82, 2.24) is 0 Å². The van der Waals surface area contributed by atoms with Gasteiger partial charge in [0.1, 0.15) is 20.9 Å². The molecule has 41 heavy (non-hydrogen) atoms. The summed E-state index contributed by atoms with van der Waals surface area (Å²) in [5.74, 6) is 1.08. The molecule has 0 saturated carbocycles. The van der Waals surface area contributed by atoms with Gasteiger partial charge in [0.15, 0.2) is 0 Å². The molecule has 0 aromatic heterocycles. The molecule has 246 valence electrons. The third kappa shape index (κ3) is 29.1. The number of halogens is 2. The Hall–Kier alpha value is 0.560. The van der Waals surface area contributed by atoms with Crippen LogP contribution in [0.25, 0.3) is 0 Å². The normalized spacial score (nSPS) is 13.2. The summed E-state index contributed by atoms with van der Waals surface area (Å²) in [5, 5.41) is 7.57. The first-order valence-corrected chi connectivity index (χ1v) is 20.1. The summed E-state index contributed by atoms with van der Waals surface area (Å²) >= 11 is 6.88. The van der Waals surface area contributed by atoms with Crippen LogP contribution in [0.4, 0.5) is 0 Å². The fourth-order valence-corrected chi connectivity index (χ4v) is 6.48. The summed E-state index contributed by atoms with van der Waals surface area (Å²) < 4.78 is 10.4. The van der Waals surface area contributed by atoms with E-state index >= 15 is 0 Å². The Labute approximate surface area is 278 Å². The minimum absolute atomic E-state index is 0.0990. The van der Waals surface area contributed by atoms with E-state index < -0.39 is 8.65 Å². The highest BCUT2D eigenvalue weighted by Crippen LogP contribution is 2.30. The Balaban J connectivity index is 0. The number of carbonyl (C=O) groups is 2. The van der Waals surface area contributed by atoms with Crippen LogP contribution in [0.2, 0.25) is 0 Å². The van der Waals surface area contributed by atoms with Crippen molar-refractivity contribution in [2.45, 2.75) is 172 Å². The molecule has 2 unspecified atom stereocenters. The first-order chi connectivity index (χ1) is 19.3. The maximum atomic E-state index is 12.5. The lowest BCUT2D eigenvalue weighted by Crippen LogP contribution is -2.32. The molecule has 0 radical (unpaired) electrons. The van der Waals surface area contributed by atoms with Gasteiger partial charge in [0.05, 0.1) is 0 Å². The number of carbonyl (C=O) groups excluding carboxylic acids is 2. The summed E-state index contributed by atoms with van der Waals surface area (Å²) in [4.78, 5) is 25.0. The Bertz CT molecular complexity index is 572. The van der Waals surface area contributed by atoms with Crippen LogP contribution in [-0.4, -0.2) is 56.0 Å². The summed E-state index contributed by atoms with van der Waals surface area (Å²) in [6.45, 7) is 13.7. The zero-order chi connectivity index (χ0) is 31.6. The van der Waals surface area contributed by atoms with Crippen molar-refractivity contribution >= 4 is 65.4 Å². The minimum Gasteiger partial charge on any atom is -0.460 e. The number of unbranched alkanes of at least 4 members (excludes halogenated alkanes) is 12. The van der Waals surface area contributed by atoms with Crippen molar-refractivity contribution in [2.75, 3.05) is 18.1 Å². The SMILES string of the molecule is CCCCCCCCCC(CSSCC(CCCCCCCCC)OC(=O)C(C)(C)Br)OC(=O)C(C)(C)Br.CCO. The van der Waals surface area contributed by atoms with Crippen LogP contribution in [0.15, 0.2) is 0 Å². The largest absolute Gasteiger partial charge is 0.460 e. The Morgan fingerprint density at radius 1 is 0.610 bits per heavy atom. The van der Waals surface area contributed by atoms with Crippen molar-refractivity contribution < 1.29 is 24.2 Å². The van der Waals surface area contributed by atoms with Gasteiger partial charge in [-0.25, -0.2) is 0 Å². The number of hydrogen-bond donors (Lipinski definition) is 1. The standard InChI is InChI=1S/C30H56Br2O4S2.C2H6O/c1-7-9-11-13-15-17-19-21-25(35-27(33)29(3,4)31)23-37-38-24-26(36-28(34)30(5,6)32)22-20-18-16-14-12-10-8-2;1-2-3/h25-26H,7-24H2,1-6H3;3H,2H2,1H3. The van der Waals surface area contributed by atoms with Crippen LogP contribution in [0, 0.1) is 0 Å². The first-order valence-electron chi connectivity index (χ1n) is 16.0. The quantitative estimate of drug-likeness (QED) is 0.0431. The Morgan fingerprint density at radius 3 is 1.15 bits per heavy atom. The van der Waals surface area contributed by atoms with E-state index in [2.05, 4.69) is 45.7 Å². The second-order valence-corrected chi connectivity index (χ2v) is 18.2. The molecule has 0 aliphatic rings. The highest BCUT2D eigenvalue weighted by atomic mass is 79.9. The molecule has 0 aromatic carbocycles. The summed E-state index contributed by atoms with van der Waals surface area (Å²) in [6.07, 6.45) is 19.0. The lowest BCUT2D eigenvalue weighted by Gasteiger charge is -2.24. The predicted molar refractivity (Wildman–Crippen MR) is 189 cm³/mol. The number of hydrogen-bond acceptors (Lipinski definition) is 7. The van der Waals surface area contributed by atoms with Gasteiger partial charge in [-0.2, -0.15) is 0 Å². The van der Waals surface area contributed by atoms with Gasteiger partial charge in [0.2, 0.25) is 0 Å². The third-order valence-electron chi connectivity index (χ3n) is 6.37. The molecule has 0 heterocycles. The fourth-order valence-electron chi connectivity index (χ4n) is 3.84. The highest BCUT2D eigenvalue weighted by molar-refractivity contribution is 9.10. The molecule has 0 aromatic rings. The van der Waals surface area contributed by atoms with E-state index in [1.165, 1.54) is 77.0 Å². The second kappa shape index (κ2) is 28.1. The molecule has 1 N–H and O–H groups in total. The maximum absolute atomic E-state index is 12.5. The molecule has 5 nitrogen and oxygen atoms in total. The molecule has 0 rings (SSSR count). The molecule has 0 spiro atoms. The van der Waals surface area contributed by atoms with Crippen LogP contribution in [-0.2, 0) is 19.1 Å². The van der Waals surface area contributed by atoms with Crippen molar-refractivity contribution in [1.29, 1.82) is 0 Å². The average molecular weight is 751 g/mol. The molecular formula is C32H62Br2O5S2. The predicted octanol–water partition coefficient (Wildman–Crippen LogP) is 10.8. The molecule has 0 amide bonds. The molecule has 0 aliphatic carbocycles. The van der Waals surface area contributed by atoms with Gasteiger partial charge in [-0.1, -0.05) is 144 Å². The summed E-state index contributed by atoms with van der Waals surface area (Å²) in [5.41, 5.74) is 0. The first kappa shape index (κ1) is 43.7. The molecule has 0 fully saturated rings. The van der Waals surface area contributed by atoms with Gasteiger partial charge in [0.25, 0.3) is 0 Å². The third-order valence-corrected chi connectivity index (χ3v) is 9.52. The highest BCUT2D eigenvalue weighted by Gasteiger charge is 2.29. The number of alkyl halides is 2. The van der Waals surface area contributed by atoms with Gasteiger partial charge >= 0.3 is 11.9 Å². The van der Waals surface area contributed by atoms with Gasteiger partial charge in [-0.3, -0.25) is 9.59 Å². The van der Waals surface area contributed by atoms with Crippen LogP contribution < -0.4 is 0 Å². The lowest BCUT2D eigenvalue weighted by atomic mass is 10.1. The second-order valence-electron chi connectivity index (χ2n) is 11.7. The van der Waals surface area contributed by atoms with Crippen molar-refractivity contribution in [3.63, 3.8) is 0 Å². The van der Waals surface area contributed by atoms with Crippen LogP contribution >= 0.6 is 53.4 Å². The monoisotopic (exact) mass is 748 g/mol. The molecular weight excluding hydrogens is 688 g/mol. The van der Waals surface area contributed by atoms with Crippen LogP contribution in [0.5, 0.6) is 0 Å². The van der Waals surface area contributed by atoms with E-state index in [4.69, 9.17) is 14.6 Å². The molecule has 0 aliphatic heterocycles. The van der Waals surface area contributed by atoms with E-state index in [0.29, 0.717) is 0 Å². The Kier molecular flexibility index (Phi) is 29.9. The minimum atomic E-state index is -0.679. The van der Waals surface area contributed by atoms with Gasteiger partial charge in [0, 0.05) is 18.1 Å². The van der Waals surface area contributed by atoms with Crippen LogP contribution in [0.3, 0.4) is 0 Å². The molecule has 0 saturated heterocycles. The number of ether oxygens (including phenoxy) is 2. The van der Waals surface area contributed by atoms with E-state index in [1.807, 2.05) is 27.7 Å². The average Bonchev–Trinajstić information content (AvgIpc) is 2.88. The van der Waals surface area contributed by atoms with E-state index in [1.54, 1.807) is 28.5 Å². The lowest BCUT2D eigenvalue weighted by molar-refractivity contribution is -0.151. The van der Waals surface area contributed by atoms with E-state index in [9.17, 15) is 9.59 Å². The van der Waals surface area contributed by atoms with Gasteiger partial charge < -0.3 is 14.6 Å². The zero-order valence-electron chi connectivity index (χ0n) is 27.2. The van der Waals surface area contributed by atoms with Crippen molar-refractivity contribution in [3.05, 3.63) is 0 Å². The number of rotatable bonds is 25. The summed E-state index contributed by atoms with van der Waals surface area (Å²) in [7, 11) is 3.45. The van der Waals surface area contributed by atoms with Crippen molar-refractivity contribution in [3.8, 4) is 0 Å². The Morgan fingerprint density at radius 2 is 0.878 bits per heavy atom. The number of esters is 2. The van der Waals surface area contributed by atoms with Crippen LogP contribution in [0.1, 0.15) is 151 Å². The number of aliphatic hydroxyl groups is 1.